The van der Waals surface area contributed by atoms with Crippen molar-refractivity contribution in [2.24, 2.45) is 0 Å². The van der Waals surface area contributed by atoms with Gasteiger partial charge in [0, 0.05) is 17.4 Å². The van der Waals surface area contributed by atoms with Crippen molar-refractivity contribution in [3.8, 4) is 5.75 Å². The van der Waals surface area contributed by atoms with E-state index in [1.807, 2.05) is 0 Å². The first kappa shape index (κ1) is 14.6. The lowest BCUT2D eigenvalue weighted by atomic mass is 10.1. The summed E-state index contributed by atoms with van der Waals surface area (Å²) in [6.07, 6.45) is 0. The number of nitrogens with two attached hydrogens (primary N) is 1. The number of nitrogen functional groups attached to an aromatic ring is 1. The van der Waals surface area contributed by atoms with Crippen molar-refractivity contribution in [1.82, 2.24) is 0 Å². The van der Waals surface area contributed by atoms with Gasteiger partial charge in [-0.15, -0.1) is 0 Å². The fourth-order valence-corrected chi connectivity index (χ4v) is 1.76. The van der Waals surface area contributed by atoms with E-state index in [0.717, 1.165) is 18.2 Å². The van der Waals surface area contributed by atoms with Gasteiger partial charge in [-0.3, -0.25) is 0 Å². The summed E-state index contributed by atoms with van der Waals surface area (Å²) in [6.45, 7) is 0. The van der Waals surface area contributed by atoms with Gasteiger partial charge >= 0.3 is 5.97 Å². The molecule has 0 saturated heterocycles. The summed E-state index contributed by atoms with van der Waals surface area (Å²) in [4.78, 5) is 11.0. The third-order valence-corrected chi connectivity index (χ3v) is 2.80. The van der Waals surface area contributed by atoms with E-state index >= 15 is 0 Å². The Bertz CT molecular complexity index is 705. The number of anilines is 3. The maximum absolute atomic E-state index is 13.8. The monoisotopic (exact) mass is 294 g/mol. The molecule has 5 nitrogen and oxygen atoms in total. The number of ether oxygens (including phenoxy) is 1. The van der Waals surface area contributed by atoms with Gasteiger partial charge in [-0.05, 0) is 24.3 Å². The minimum absolute atomic E-state index is 0.0192. The zero-order chi connectivity index (χ0) is 15.6. The second-order valence-electron chi connectivity index (χ2n) is 4.20. The summed E-state index contributed by atoms with van der Waals surface area (Å²) < 4.78 is 31.9. The van der Waals surface area contributed by atoms with Crippen molar-refractivity contribution in [3.05, 3.63) is 47.5 Å². The Hall–Kier alpha value is -2.83. The number of carbonyl (C=O) groups is 1. The van der Waals surface area contributed by atoms with Crippen LogP contribution in [0.2, 0.25) is 0 Å². The van der Waals surface area contributed by atoms with Crippen LogP contribution in [-0.2, 0) is 0 Å². The second-order valence-corrected chi connectivity index (χ2v) is 4.20. The lowest BCUT2D eigenvalue weighted by Crippen LogP contribution is -2.05. The van der Waals surface area contributed by atoms with Crippen LogP contribution in [0.5, 0.6) is 5.75 Å². The molecule has 0 fully saturated rings. The predicted molar refractivity (Wildman–Crippen MR) is 74.0 cm³/mol. The first-order valence-electron chi connectivity index (χ1n) is 5.85. The maximum Gasteiger partial charge on any atom is 0.337 e. The van der Waals surface area contributed by atoms with Crippen molar-refractivity contribution in [3.63, 3.8) is 0 Å². The maximum atomic E-state index is 13.8. The molecule has 110 valence electrons. The Labute approximate surface area is 119 Å². The minimum atomic E-state index is -1.27. The third kappa shape index (κ3) is 3.02. The van der Waals surface area contributed by atoms with E-state index in [4.69, 9.17) is 15.6 Å². The molecule has 4 N–H and O–H groups in total. The van der Waals surface area contributed by atoms with E-state index in [0.29, 0.717) is 5.69 Å². The number of hydrogen-bond donors (Lipinski definition) is 3. The van der Waals surface area contributed by atoms with E-state index in [1.165, 1.54) is 19.2 Å². The molecule has 0 heterocycles. The molecule has 0 spiro atoms. The van der Waals surface area contributed by atoms with Gasteiger partial charge in [-0.25, -0.2) is 13.6 Å². The summed E-state index contributed by atoms with van der Waals surface area (Å²) in [6, 6.07) is 5.82. The SMILES string of the molecule is COc1cc(Nc2cc(C(=O)O)c(N)cc2F)ccc1F. The van der Waals surface area contributed by atoms with Gasteiger partial charge in [0.25, 0.3) is 0 Å². The van der Waals surface area contributed by atoms with E-state index in [9.17, 15) is 13.6 Å². The van der Waals surface area contributed by atoms with Gasteiger partial charge in [0.1, 0.15) is 5.82 Å². The zero-order valence-electron chi connectivity index (χ0n) is 11.0. The van der Waals surface area contributed by atoms with Crippen LogP contribution in [0.15, 0.2) is 30.3 Å². The lowest BCUT2D eigenvalue weighted by molar-refractivity contribution is 0.0698. The van der Waals surface area contributed by atoms with Crippen molar-refractivity contribution < 1.29 is 23.4 Å². The summed E-state index contributed by atoms with van der Waals surface area (Å²) in [5.74, 6) is -2.57. The van der Waals surface area contributed by atoms with Crippen LogP contribution < -0.4 is 15.8 Å². The van der Waals surface area contributed by atoms with Crippen LogP contribution in [0.4, 0.5) is 25.8 Å². The number of aromatic carboxylic acids is 1. The molecule has 2 aromatic rings. The van der Waals surface area contributed by atoms with Gasteiger partial charge in [0.2, 0.25) is 0 Å². The molecule has 0 bridgehead atoms. The Morgan fingerprint density at radius 2 is 1.95 bits per heavy atom. The Morgan fingerprint density at radius 1 is 1.24 bits per heavy atom. The molecule has 0 aliphatic rings. The highest BCUT2D eigenvalue weighted by atomic mass is 19.1. The number of rotatable bonds is 4. The topological polar surface area (TPSA) is 84.6 Å². The molecule has 0 atom stereocenters. The molecule has 0 unspecified atom stereocenters. The number of carboxylic acid groups (broad SMARTS) is 1. The summed E-state index contributed by atoms with van der Waals surface area (Å²) in [5.41, 5.74) is 5.28. The van der Waals surface area contributed by atoms with Gasteiger partial charge in [-0.2, -0.15) is 0 Å². The molecule has 7 heteroatoms. The molecule has 0 radical (unpaired) electrons. The van der Waals surface area contributed by atoms with Crippen molar-refractivity contribution >= 4 is 23.0 Å². The molecular weight excluding hydrogens is 282 g/mol. The Kier molecular flexibility index (Phi) is 3.93. The number of carboxylic acids is 1. The fourth-order valence-electron chi connectivity index (χ4n) is 1.76. The van der Waals surface area contributed by atoms with Crippen LogP contribution >= 0.6 is 0 Å². The number of methoxy groups -OCH3 is 1. The van der Waals surface area contributed by atoms with E-state index in [1.54, 1.807) is 0 Å². The van der Waals surface area contributed by atoms with Gasteiger partial charge in [-0.1, -0.05) is 0 Å². The summed E-state index contributed by atoms with van der Waals surface area (Å²) in [5, 5.41) is 11.6. The fraction of sp³-hybridized carbons (Fsp3) is 0.0714. The summed E-state index contributed by atoms with van der Waals surface area (Å²) in [7, 11) is 1.30. The van der Waals surface area contributed by atoms with E-state index < -0.39 is 17.6 Å². The summed E-state index contributed by atoms with van der Waals surface area (Å²) >= 11 is 0. The van der Waals surface area contributed by atoms with Crippen molar-refractivity contribution in [2.75, 3.05) is 18.2 Å². The molecule has 0 saturated carbocycles. The first-order valence-corrected chi connectivity index (χ1v) is 5.85. The van der Waals surface area contributed by atoms with Gasteiger partial charge < -0.3 is 20.9 Å². The highest BCUT2D eigenvalue weighted by Crippen LogP contribution is 2.28. The largest absolute Gasteiger partial charge is 0.494 e. The third-order valence-electron chi connectivity index (χ3n) is 2.80. The Morgan fingerprint density at radius 3 is 2.57 bits per heavy atom. The van der Waals surface area contributed by atoms with Crippen molar-refractivity contribution in [1.29, 1.82) is 0 Å². The average Bonchev–Trinajstić information content (AvgIpc) is 2.43. The van der Waals surface area contributed by atoms with E-state index in [2.05, 4.69) is 5.32 Å². The molecule has 2 rings (SSSR count). The number of benzene rings is 2. The minimum Gasteiger partial charge on any atom is -0.494 e. The molecule has 0 aliphatic carbocycles. The lowest BCUT2D eigenvalue weighted by Gasteiger charge is -2.11. The van der Waals surface area contributed by atoms with E-state index in [-0.39, 0.29) is 22.7 Å². The zero-order valence-corrected chi connectivity index (χ0v) is 11.0. The molecule has 2 aromatic carbocycles. The predicted octanol–water partition coefficient (Wildman–Crippen LogP) is 3.00. The standard InChI is InChI=1S/C14H12F2N2O3/c1-21-13-4-7(2-3-9(13)15)18-12-5-8(14(19)20)11(17)6-10(12)16/h2-6,18H,17H2,1H3,(H,19,20). The highest BCUT2D eigenvalue weighted by molar-refractivity contribution is 5.95. The number of hydrogen-bond acceptors (Lipinski definition) is 4. The normalized spacial score (nSPS) is 10.2. The van der Waals surface area contributed by atoms with Crippen LogP contribution in [0.25, 0.3) is 0 Å². The first-order chi connectivity index (χ1) is 9.92. The van der Waals surface area contributed by atoms with Crippen molar-refractivity contribution in [2.45, 2.75) is 0 Å². The Balaban J connectivity index is 2.39. The van der Waals surface area contributed by atoms with Crippen LogP contribution in [0.1, 0.15) is 10.4 Å². The molecular formula is C14H12F2N2O3. The molecule has 0 aliphatic heterocycles. The quantitative estimate of drug-likeness (QED) is 0.755. The van der Waals surface area contributed by atoms with Gasteiger partial charge in [0.15, 0.2) is 11.6 Å². The van der Waals surface area contributed by atoms with Crippen LogP contribution in [0.3, 0.4) is 0 Å². The van der Waals surface area contributed by atoms with Crippen LogP contribution in [0, 0.1) is 11.6 Å². The van der Waals surface area contributed by atoms with Gasteiger partial charge in [0.05, 0.1) is 18.4 Å². The average molecular weight is 294 g/mol. The molecule has 21 heavy (non-hydrogen) atoms. The van der Waals surface area contributed by atoms with Crippen LogP contribution in [-0.4, -0.2) is 18.2 Å². The smallest absolute Gasteiger partial charge is 0.337 e. The number of halogens is 2. The number of nitrogens with one attached hydrogen (secondary N) is 1. The second kappa shape index (κ2) is 5.66. The highest BCUT2D eigenvalue weighted by Gasteiger charge is 2.14. The molecule has 0 amide bonds. The molecule has 0 aromatic heterocycles.